The molecule has 0 aromatic carbocycles. The molecule has 5 heterocycles. The van der Waals surface area contributed by atoms with E-state index in [0.29, 0.717) is 13.1 Å². The van der Waals surface area contributed by atoms with E-state index in [2.05, 4.69) is 31.3 Å². The normalized spacial score (nSPS) is 11.4. The molecule has 8 heteroatoms. The van der Waals surface area contributed by atoms with Gasteiger partial charge >= 0.3 is 0 Å². The zero-order valence-corrected chi connectivity index (χ0v) is 16.6. The van der Waals surface area contributed by atoms with Crippen LogP contribution in [0.5, 0.6) is 0 Å². The fourth-order valence-electron chi connectivity index (χ4n) is 3.41. The number of aromatic amines is 1. The number of nitrogens with zero attached hydrogens (tertiary/aromatic N) is 5. The molecule has 5 rings (SSSR count). The summed E-state index contributed by atoms with van der Waals surface area (Å²) < 4.78 is 3.03. The van der Waals surface area contributed by atoms with Gasteiger partial charge in [-0.25, -0.2) is 0 Å². The first-order valence-electron chi connectivity index (χ1n) is 9.31. The molecular weight excluding hydrogens is 382 g/mol. The SMILES string of the molecule is Cc1cccc(-c2[nH]ncc2-c2cc3cncc(-c4cnn(CCN)c4)c3s2)n1. The number of aromatic nitrogens is 6. The maximum absolute atomic E-state index is 5.64. The standard InChI is InChI=1S/C21H19N7S/c1-13-3-2-4-18(26-13)20-17(11-24-27-20)19-7-14-8-23-10-16(21(14)29-19)15-9-25-28(12-15)6-5-22/h2-4,7-12H,5-6,22H2,1H3,(H,24,27). The molecule has 29 heavy (non-hydrogen) atoms. The van der Waals surface area contributed by atoms with Gasteiger partial charge in [0, 0.05) is 62.5 Å². The third kappa shape index (κ3) is 3.22. The lowest BCUT2D eigenvalue weighted by molar-refractivity contribution is 0.625. The number of rotatable bonds is 5. The second-order valence-electron chi connectivity index (χ2n) is 6.82. The molecule has 144 valence electrons. The highest BCUT2D eigenvalue weighted by Crippen LogP contribution is 2.40. The van der Waals surface area contributed by atoms with Gasteiger partial charge in [0.05, 0.1) is 30.3 Å². The van der Waals surface area contributed by atoms with Crippen molar-refractivity contribution in [2.45, 2.75) is 13.5 Å². The maximum Gasteiger partial charge on any atom is 0.0921 e. The van der Waals surface area contributed by atoms with Crippen LogP contribution in [0.1, 0.15) is 5.69 Å². The van der Waals surface area contributed by atoms with Crippen LogP contribution in [0.4, 0.5) is 0 Å². The molecule has 0 saturated heterocycles. The average Bonchev–Trinajstić information content (AvgIpc) is 3.46. The summed E-state index contributed by atoms with van der Waals surface area (Å²) in [5.74, 6) is 0. The Morgan fingerprint density at radius 1 is 1.14 bits per heavy atom. The van der Waals surface area contributed by atoms with Gasteiger partial charge < -0.3 is 5.73 Å². The number of pyridine rings is 2. The number of fused-ring (bicyclic) bond motifs is 1. The highest BCUT2D eigenvalue weighted by Gasteiger charge is 2.16. The first kappa shape index (κ1) is 17.7. The largest absolute Gasteiger partial charge is 0.329 e. The van der Waals surface area contributed by atoms with Crippen molar-refractivity contribution in [3.8, 4) is 33.0 Å². The van der Waals surface area contributed by atoms with Gasteiger partial charge in [-0.3, -0.25) is 19.7 Å². The Morgan fingerprint density at radius 3 is 2.93 bits per heavy atom. The van der Waals surface area contributed by atoms with E-state index in [0.717, 1.165) is 44.0 Å². The van der Waals surface area contributed by atoms with E-state index in [-0.39, 0.29) is 0 Å². The van der Waals surface area contributed by atoms with Crippen molar-refractivity contribution in [2.75, 3.05) is 6.54 Å². The summed E-state index contributed by atoms with van der Waals surface area (Å²) in [6.45, 7) is 3.24. The predicted molar refractivity (Wildman–Crippen MR) is 115 cm³/mol. The van der Waals surface area contributed by atoms with Crippen molar-refractivity contribution < 1.29 is 0 Å². The van der Waals surface area contributed by atoms with Crippen LogP contribution in [0.2, 0.25) is 0 Å². The van der Waals surface area contributed by atoms with Crippen LogP contribution in [-0.2, 0) is 6.54 Å². The summed E-state index contributed by atoms with van der Waals surface area (Å²) in [6.07, 6.45) is 9.53. The number of thiophene rings is 1. The number of H-pyrrole nitrogens is 1. The number of nitrogens with one attached hydrogen (secondary N) is 1. The molecule has 0 radical (unpaired) electrons. The minimum absolute atomic E-state index is 0.559. The Kier molecular flexibility index (Phi) is 4.42. The Labute approximate surface area is 171 Å². The van der Waals surface area contributed by atoms with E-state index in [1.54, 1.807) is 11.3 Å². The molecule has 0 aliphatic rings. The van der Waals surface area contributed by atoms with Gasteiger partial charge in [-0.15, -0.1) is 11.3 Å². The quantitative estimate of drug-likeness (QED) is 0.466. The van der Waals surface area contributed by atoms with Gasteiger partial charge in [-0.05, 0) is 25.1 Å². The first-order chi connectivity index (χ1) is 14.2. The van der Waals surface area contributed by atoms with Crippen molar-refractivity contribution in [1.82, 2.24) is 29.9 Å². The van der Waals surface area contributed by atoms with Crippen molar-refractivity contribution in [1.29, 1.82) is 0 Å². The van der Waals surface area contributed by atoms with Gasteiger partial charge in [0.15, 0.2) is 0 Å². The molecule has 5 aromatic heterocycles. The highest BCUT2D eigenvalue weighted by atomic mass is 32.1. The Morgan fingerprint density at radius 2 is 2.07 bits per heavy atom. The monoisotopic (exact) mass is 401 g/mol. The van der Waals surface area contributed by atoms with Crippen LogP contribution in [-0.4, -0.2) is 36.5 Å². The van der Waals surface area contributed by atoms with Gasteiger partial charge in [0.25, 0.3) is 0 Å². The zero-order chi connectivity index (χ0) is 19.8. The Bertz CT molecular complexity index is 1300. The van der Waals surface area contributed by atoms with Crippen molar-refractivity contribution >= 4 is 21.4 Å². The number of aryl methyl sites for hydroxylation is 1. The fourth-order valence-corrected chi connectivity index (χ4v) is 4.59. The topological polar surface area (TPSA) is 98.3 Å². The molecule has 0 atom stereocenters. The average molecular weight is 401 g/mol. The molecule has 3 N–H and O–H groups in total. The molecule has 0 unspecified atom stereocenters. The second kappa shape index (κ2) is 7.23. The first-order valence-corrected chi connectivity index (χ1v) is 10.1. The van der Waals surface area contributed by atoms with Crippen molar-refractivity contribution in [3.63, 3.8) is 0 Å². The van der Waals surface area contributed by atoms with E-state index in [1.165, 1.54) is 4.70 Å². The van der Waals surface area contributed by atoms with E-state index in [4.69, 9.17) is 5.73 Å². The lowest BCUT2D eigenvalue weighted by Crippen LogP contribution is -2.09. The van der Waals surface area contributed by atoms with Crippen LogP contribution in [0, 0.1) is 6.92 Å². The van der Waals surface area contributed by atoms with Crippen LogP contribution in [0.15, 0.2) is 55.2 Å². The fraction of sp³-hybridized carbons (Fsp3) is 0.143. The van der Waals surface area contributed by atoms with Gasteiger partial charge in [-0.2, -0.15) is 10.2 Å². The van der Waals surface area contributed by atoms with E-state index >= 15 is 0 Å². The van der Waals surface area contributed by atoms with Gasteiger partial charge in [-0.1, -0.05) is 6.07 Å². The van der Waals surface area contributed by atoms with E-state index in [1.807, 2.05) is 60.8 Å². The molecule has 0 spiro atoms. The summed E-state index contributed by atoms with van der Waals surface area (Å²) in [5, 5.41) is 12.9. The predicted octanol–water partition coefficient (Wildman–Crippen LogP) is 3.88. The second-order valence-corrected chi connectivity index (χ2v) is 7.87. The van der Waals surface area contributed by atoms with Crippen LogP contribution >= 0.6 is 11.3 Å². The molecular formula is C21H19N7S. The molecule has 5 aromatic rings. The lowest BCUT2D eigenvalue weighted by Gasteiger charge is -2.02. The molecule has 0 bridgehead atoms. The minimum Gasteiger partial charge on any atom is -0.329 e. The molecule has 0 fully saturated rings. The molecule has 0 aliphatic heterocycles. The van der Waals surface area contributed by atoms with Gasteiger partial charge in [0.1, 0.15) is 0 Å². The molecule has 0 saturated carbocycles. The number of hydrogen-bond donors (Lipinski definition) is 2. The summed E-state index contributed by atoms with van der Waals surface area (Å²) >= 11 is 1.72. The molecule has 0 amide bonds. The summed E-state index contributed by atoms with van der Waals surface area (Å²) in [4.78, 5) is 10.2. The molecule has 0 aliphatic carbocycles. The van der Waals surface area contributed by atoms with E-state index < -0.39 is 0 Å². The zero-order valence-electron chi connectivity index (χ0n) is 15.8. The van der Waals surface area contributed by atoms with Crippen LogP contribution in [0.25, 0.3) is 43.0 Å². The van der Waals surface area contributed by atoms with Crippen LogP contribution in [0.3, 0.4) is 0 Å². The molecule has 7 nitrogen and oxygen atoms in total. The third-order valence-corrected chi connectivity index (χ3v) is 5.99. The lowest BCUT2D eigenvalue weighted by atomic mass is 10.1. The Balaban J connectivity index is 1.61. The van der Waals surface area contributed by atoms with E-state index in [9.17, 15) is 0 Å². The smallest absolute Gasteiger partial charge is 0.0921 e. The number of nitrogens with two attached hydrogens (primary N) is 1. The maximum atomic E-state index is 5.64. The van der Waals surface area contributed by atoms with Crippen molar-refractivity contribution in [2.24, 2.45) is 5.73 Å². The summed E-state index contributed by atoms with van der Waals surface area (Å²) in [7, 11) is 0. The highest BCUT2D eigenvalue weighted by molar-refractivity contribution is 7.22. The van der Waals surface area contributed by atoms with Crippen LogP contribution < -0.4 is 5.73 Å². The van der Waals surface area contributed by atoms with Crippen molar-refractivity contribution in [3.05, 3.63) is 60.9 Å². The summed E-state index contributed by atoms with van der Waals surface area (Å²) in [6, 6.07) is 8.15. The summed E-state index contributed by atoms with van der Waals surface area (Å²) in [5.41, 5.74) is 11.6. The Hall–Kier alpha value is -3.36. The van der Waals surface area contributed by atoms with Gasteiger partial charge in [0.2, 0.25) is 0 Å². The number of hydrogen-bond acceptors (Lipinski definition) is 6. The third-order valence-electron chi connectivity index (χ3n) is 4.77. The minimum atomic E-state index is 0.559.